The minimum absolute atomic E-state index is 0.189. The summed E-state index contributed by atoms with van der Waals surface area (Å²) in [7, 11) is 0. The van der Waals surface area contributed by atoms with Gasteiger partial charge in [-0.3, -0.25) is 14.4 Å². The van der Waals surface area contributed by atoms with Gasteiger partial charge in [0.2, 0.25) is 0 Å². The number of anilines is 2. The summed E-state index contributed by atoms with van der Waals surface area (Å²) in [5, 5.41) is 9.49. The van der Waals surface area contributed by atoms with Gasteiger partial charge in [0.25, 0.3) is 5.91 Å². The number of hydrogen-bond acceptors (Lipinski definition) is 5. The second-order valence-electron chi connectivity index (χ2n) is 7.05. The highest BCUT2D eigenvalue weighted by atomic mass is 35.5. The van der Waals surface area contributed by atoms with Gasteiger partial charge in [-0.2, -0.15) is 5.10 Å². The fourth-order valence-corrected chi connectivity index (χ4v) is 3.08. The largest absolute Gasteiger partial charge is 0.484 e. The average molecular weight is 479 g/mol. The average Bonchev–Trinajstić information content (AvgIpc) is 2.85. The molecule has 0 fully saturated rings. The minimum Gasteiger partial charge on any atom is -0.484 e. The maximum atomic E-state index is 12.1. The van der Waals surface area contributed by atoms with Gasteiger partial charge in [-0.25, -0.2) is 5.43 Å². The standard InChI is InChI=1S/C25H23ClN4O4/c1-2-18-7-3-5-9-21(18)29-24(32)25(33)30-27-15-17-11-13-19(14-12-17)34-16-23(31)28-22-10-6-4-8-20(22)26/h3-15H,2,16H2,1H3,(H,28,31)(H,29,32)(H,30,33)/b27-15-. The molecule has 0 atom stereocenters. The predicted molar refractivity (Wildman–Crippen MR) is 132 cm³/mol. The molecule has 8 nitrogen and oxygen atoms in total. The molecule has 0 bridgehead atoms. The molecular formula is C25H23ClN4O4. The Morgan fingerprint density at radius 1 is 0.882 bits per heavy atom. The van der Waals surface area contributed by atoms with E-state index in [4.69, 9.17) is 16.3 Å². The summed E-state index contributed by atoms with van der Waals surface area (Å²) >= 11 is 6.01. The molecule has 9 heteroatoms. The molecule has 34 heavy (non-hydrogen) atoms. The van der Waals surface area contributed by atoms with Crippen molar-refractivity contribution in [3.8, 4) is 5.75 Å². The fraction of sp³-hybridized carbons (Fsp3) is 0.120. The van der Waals surface area contributed by atoms with Crippen molar-refractivity contribution in [3.05, 3.63) is 88.9 Å². The smallest absolute Gasteiger partial charge is 0.329 e. The highest BCUT2D eigenvalue weighted by molar-refractivity contribution is 6.39. The first-order valence-corrected chi connectivity index (χ1v) is 10.8. The number of halogens is 1. The third kappa shape index (κ3) is 7.18. The first kappa shape index (κ1) is 24.5. The van der Waals surface area contributed by atoms with Gasteiger partial charge in [0.1, 0.15) is 5.75 Å². The van der Waals surface area contributed by atoms with Crippen LogP contribution in [0.3, 0.4) is 0 Å². The number of carbonyl (C=O) groups is 3. The lowest BCUT2D eigenvalue weighted by Gasteiger charge is -2.09. The Labute approximate surface area is 202 Å². The van der Waals surface area contributed by atoms with Crippen LogP contribution >= 0.6 is 11.6 Å². The van der Waals surface area contributed by atoms with Crippen LogP contribution in [-0.2, 0) is 20.8 Å². The summed E-state index contributed by atoms with van der Waals surface area (Å²) in [5.74, 6) is -1.56. The first-order chi connectivity index (χ1) is 16.5. The van der Waals surface area contributed by atoms with E-state index in [2.05, 4.69) is 21.2 Å². The Bertz CT molecular complexity index is 1200. The summed E-state index contributed by atoms with van der Waals surface area (Å²) in [6.07, 6.45) is 2.11. The van der Waals surface area contributed by atoms with Gasteiger partial charge in [0, 0.05) is 5.69 Å². The lowest BCUT2D eigenvalue weighted by Crippen LogP contribution is -2.32. The van der Waals surface area contributed by atoms with Crippen LogP contribution in [0.2, 0.25) is 5.02 Å². The number of nitrogens with one attached hydrogen (secondary N) is 3. The van der Waals surface area contributed by atoms with Gasteiger partial charge in [0.05, 0.1) is 16.9 Å². The number of benzene rings is 3. The molecule has 3 aromatic carbocycles. The molecule has 0 spiro atoms. The van der Waals surface area contributed by atoms with E-state index in [0.717, 1.165) is 12.0 Å². The van der Waals surface area contributed by atoms with Gasteiger partial charge >= 0.3 is 11.8 Å². The minimum atomic E-state index is -0.883. The molecule has 0 unspecified atom stereocenters. The maximum absolute atomic E-state index is 12.1. The van der Waals surface area contributed by atoms with Gasteiger partial charge in [-0.05, 0) is 60.0 Å². The van der Waals surface area contributed by atoms with E-state index in [1.807, 2.05) is 19.1 Å². The van der Waals surface area contributed by atoms with Crippen LogP contribution in [0.25, 0.3) is 0 Å². The number of hydrazone groups is 1. The number of para-hydroxylation sites is 2. The van der Waals surface area contributed by atoms with E-state index in [1.54, 1.807) is 60.7 Å². The maximum Gasteiger partial charge on any atom is 0.329 e. The Balaban J connectivity index is 1.45. The normalized spacial score (nSPS) is 10.5. The second kappa shape index (κ2) is 12.2. The molecule has 174 valence electrons. The zero-order valence-electron chi connectivity index (χ0n) is 18.4. The van der Waals surface area contributed by atoms with Crippen molar-refractivity contribution in [2.45, 2.75) is 13.3 Å². The number of aryl methyl sites for hydroxylation is 1. The van der Waals surface area contributed by atoms with Crippen LogP contribution in [0.15, 0.2) is 77.9 Å². The van der Waals surface area contributed by atoms with Gasteiger partial charge in [-0.1, -0.05) is 48.9 Å². The SMILES string of the molecule is CCc1ccccc1NC(=O)C(=O)N/N=C\c1ccc(OCC(=O)Nc2ccccc2Cl)cc1. The zero-order chi connectivity index (χ0) is 24.3. The van der Waals surface area contributed by atoms with E-state index in [9.17, 15) is 14.4 Å². The van der Waals surface area contributed by atoms with Crippen molar-refractivity contribution in [2.75, 3.05) is 17.2 Å². The highest BCUT2D eigenvalue weighted by Gasteiger charge is 2.14. The Hall–Kier alpha value is -4.17. The van der Waals surface area contributed by atoms with Crippen molar-refractivity contribution in [3.63, 3.8) is 0 Å². The summed E-state index contributed by atoms with van der Waals surface area (Å²) in [6.45, 7) is 1.77. The molecule has 3 N–H and O–H groups in total. The van der Waals surface area contributed by atoms with E-state index in [-0.39, 0.29) is 12.5 Å². The Kier molecular flexibility index (Phi) is 8.76. The van der Waals surface area contributed by atoms with Crippen molar-refractivity contribution in [1.82, 2.24) is 5.43 Å². The second-order valence-corrected chi connectivity index (χ2v) is 7.46. The van der Waals surface area contributed by atoms with Gasteiger partial charge < -0.3 is 15.4 Å². The van der Waals surface area contributed by atoms with Crippen LogP contribution in [-0.4, -0.2) is 30.5 Å². The lowest BCUT2D eigenvalue weighted by atomic mass is 10.1. The van der Waals surface area contributed by atoms with Crippen molar-refractivity contribution < 1.29 is 19.1 Å². The number of amides is 3. The molecule has 0 aliphatic carbocycles. The topological polar surface area (TPSA) is 109 Å². The van der Waals surface area contributed by atoms with Gasteiger partial charge in [-0.15, -0.1) is 0 Å². The molecule has 3 rings (SSSR count). The fourth-order valence-electron chi connectivity index (χ4n) is 2.89. The number of rotatable bonds is 8. The van der Waals surface area contributed by atoms with Crippen LogP contribution in [0.1, 0.15) is 18.1 Å². The number of nitrogens with zero attached hydrogens (tertiary/aromatic N) is 1. The Morgan fingerprint density at radius 2 is 1.56 bits per heavy atom. The lowest BCUT2D eigenvalue weighted by molar-refractivity contribution is -0.136. The van der Waals surface area contributed by atoms with Gasteiger partial charge in [0.15, 0.2) is 6.61 Å². The molecule has 0 heterocycles. The third-order valence-electron chi connectivity index (χ3n) is 4.63. The molecule has 3 amide bonds. The summed E-state index contributed by atoms with van der Waals surface area (Å²) in [5.41, 5.74) is 4.88. The molecule has 0 aromatic heterocycles. The molecule has 0 saturated heterocycles. The van der Waals surface area contributed by atoms with E-state index in [0.29, 0.717) is 27.7 Å². The molecule has 0 aliphatic heterocycles. The van der Waals surface area contributed by atoms with E-state index in [1.165, 1.54) is 6.21 Å². The first-order valence-electron chi connectivity index (χ1n) is 10.5. The van der Waals surface area contributed by atoms with Crippen molar-refractivity contribution in [1.29, 1.82) is 0 Å². The van der Waals surface area contributed by atoms with Crippen molar-refractivity contribution in [2.24, 2.45) is 5.10 Å². The summed E-state index contributed by atoms with van der Waals surface area (Å²) in [4.78, 5) is 36.1. The van der Waals surface area contributed by atoms with E-state index >= 15 is 0 Å². The Morgan fingerprint density at radius 3 is 2.26 bits per heavy atom. The number of ether oxygens (including phenoxy) is 1. The van der Waals surface area contributed by atoms with E-state index < -0.39 is 11.8 Å². The zero-order valence-corrected chi connectivity index (χ0v) is 19.1. The summed E-state index contributed by atoms with van der Waals surface area (Å²) < 4.78 is 5.46. The molecule has 3 aromatic rings. The monoisotopic (exact) mass is 478 g/mol. The van der Waals surface area contributed by atoms with Crippen LogP contribution in [0.4, 0.5) is 11.4 Å². The van der Waals surface area contributed by atoms with Crippen molar-refractivity contribution >= 4 is 46.9 Å². The van der Waals surface area contributed by atoms with Crippen LogP contribution < -0.4 is 20.8 Å². The predicted octanol–water partition coefficient (Wildman–Crippen LogP) is 4.01. The molecular weight excluding hydrogens is 456 g/mol. The molecule has 0 saturated carbocycles. The quantitative estimate of drug-likeness (QED) is 0.258. The van der Waals surface area contributed by atoms with Crippen LogP contribution in [0.5, 0.6) is 5.75 Å². The van der Waals surface area contributed by atoms with Crippen LogP contribution in [0, 0.1) is 0 Å². The molecule has 0 radical (unpaired) electrons. The third-order valence-corrected chi connectivity index (χ3v) is 4.96. The number of hydrogen-bond donors (Lipinski definition) is 3. The summed E-state index contributed by atoms with van der Waals surface area (Å²) in [6, 6.07) is 20.9. The molecule has 0 aliphatic rings. The number of carbonyl (C=O) groups excluding carboxylic acids is 3. The highest BCUT2D eigenvalue weighted by Crippen LogP contribution is 2.20.